The molecular formula is C13H12F2N2O3. The minimum atomic E-state index is -0.980. The predicted molar refractivity (Wildman–Crippen MR) is 66.3 cm³/mol. The van der Waals surface area contributed by atoms with E-state index < -0.39 is 23.6 Å². The first kappa shape index (κ1) is 14.0. The second-order valence-electron chi connectivity index (χ2n) is 4.15. The number of anilines is 1. The molecule has 1 aromatic carbocycles. The van der Waals surface area contributed by atoms with Crippen LogP contribution in [0, 0.1) is 18.6 Å². The van der Waals surface area contributed by atoms with Gasteiger partial charge in [-0.25, -0.2) is 8.78 Å². The maximum atomic E-state index is 13.4. The highest BCUT2D eigenvalue weighted by molar-refractivity contribution is 5.93. The molecule has 0 aliphatic heterocycles. The third-order valence-electron chi connectivity index (χ3n) is 2.45. The molecule has 1 N–H and O–H groups in total. The van der Waals surface area contributed by atoms with Crippen molar-refractivity contribution in [1.82, 2.24) is 5.16 Å². The third-order valence-corrected chi connectivity index (χ3v) is 2.45. The van der Waals surface area contributed by atoms with E-state index in [1.165, 1.54) is 13.0 Å². The molecule has 0 radical (unpaired) electrons. The van der Waals surface area contributed by atoms with E-state index in [2.05, 4.69) is 10.5 Å². The van der Waals surface area contributed by atoms with Crippen LogP contribution in [0.2, 0.25) is 0 Å². The molecule has 1 heterocycles. The van der Waals surface area contributed by atoms with Crippen LogP contribution >= 0.6 is 0 Å². The van der Waals surface area contributed by atoms with Gasteiger partial charge in [-0.3, -0.25) is 4.79 Å². The highest BCUT2D eigenvalue weighted by Crippen LogP contribution is 2.19. The Hall–Kier alpha value is -2.44. The second-order valence-corrected chi connectivity index (χ2v) is 4.15. The summed E-state index contributed by atoms with van der Waals surface area (Å²) in [4.78, 5) is 11.8. The van der Waals surface area contributed by atoms with Gasteiger partial charge in [0.15, 0.2) is 23.5 Å². The fraction of sp³-hybridized carbons (Fsp3) is 0.231. The topological polar surface area (TPSA) is 64.4 Å². The van der Waals surface area contributed by atoms with Gasteiger partial charge in [-0.15, -0.1) is 0 Å². The zero-order valence-corrected chi connectivity index (χ0v) is 10.8. The summed E-state index contributed by atoms with van der Waals surface area (Å²) < 4.78 is 36.0. The van der Waals surface area contributed by atoms with Crippen LogP contribution in [0.4, 0.5) is 14.6 Å². The first-order valence-electron chi connectivity index (χ1n) is 5.81. The number of ether oxygens (including phenoxy) is 1. The number of rotatable bonds is 4. The predicted octanol–water partition coefficient (Wildman–Crippen LogP) is 2.67. The number of nitrogens with one attached hydrogen (secondary N) is 1. The molecule has 0 spiro atoms. The van der Waals surface area contributed by atoms with Crippen LogP contribution in [0.15, 0.2) is 28.8 Å². The lowest BCUT2D eigenvalue weighted by Crippen LogP contribution is -2.30. The standard InChI is InChI=1S/C13H12F2N2O3/c1-7-5-12(17-20-7)16-13(18)8(2)19-11-4-3-9(14)6-10(11)15/h3-6,8H,1-2H3,(H,16,17,18)/t8-/m0/s1. The van der Waals surface area contributed by atoms with Gasteiger partial charge < -0.3 is 14.6 Å². The van der Waals surface area contributed by atoms with Crippen molar-refractivity contribution in [2.75, 3.05) is 5.32 Å². The number of halogens is 2. The number of nitrogens with zero attached hydrogens (tertiary/aromatic N) is 1. The summed E-state index contributed by atoms with van der Waals surface area (Å²) in [6, 6.07) is 4.38. The average Bonchev–Trinajstić information content (AvgIpc) is 2.78. The van der Waals surface area contributed by atoms with Gasteiger partial charge in [0, 0.05) is 12.1 Å². The van der Waals surface area contributed by atoms with Crippen molar-refractivity contribution >= 4 is 11.7 Å². The van der Waals surface area contributed by atoms with Gasteiger partial charge in [-0.1, -0.05) is 5.16 Å². The largest absolute Gasteiger partial charge is 0.478 e. The van der Waals surface area contributed by atoms with Gasteiger partial charge in [0.2, 0.25) is 0 Å². The molecule has 7 heteroatoms. The van der Waals surface area contributed by atoms with E-state index >= 15 is 0 Å². The second kappa shape index (κ2) is 5.68. The highest BCUT2D eigenvalue weighted by atomic mass is 19.1. The molecule has 1 amide bonds. The molecular weight excluding hydrogens is 270 g/mol. The van der Waals surface area contributed by atoms with Crippen LogP contribution in [0.5, 0.6) is 5.75 Å². The van der Waals surface area contributed by atoms with Crippen molar-refractivity contribution in [3.8, 4) is 5.75 Å². The molecule has 0 saturated heterocycles. The van der Waals surface area contributed by atoms with E-state index in [0.29, 0.717) is 11.8 Å². The first-order chi connectivity index (χ1) is 9.45. The van der Waals surface area contributed by atoms with Crippen molar-refractivity contribution in [3.05, 3.63) is 41.7 Å². The Kier molecular flexibility index (Phi) is 3.97. The van der Waals surface area contributed by atoms with E-state index in [0.717, 1.165) is 12.1 Å². The molecule has 1 aromatic heterocycles. The van der Waals surface area contributed by atoms with Gasteiger partial charge in [-0.2, -0.15) is 0 Å². The molecule has 5 nitrogen and oxygen atoms in total. The zero-order valence-electron chi connectivity index (χ0n) is 10.8. The molecule has 0 unspecified atom stereocenters. The van der Waals surface area contributed by atoms with E-state index in [9.17, 15) is 13.6 Å². The SMILES string of the molecule is Cc1cc(NC(=O)[C@H](C)Oc2ccc(F)cc2F)no1. The quantitative estimate of drug-likeness (QED) is 0.936. The van der Waals surface area contributed by atoms with Gasteiger partial charge in [-0.05, 0) is 26.0 Å². The molecule has 106 valence electrons. The number of hydrogen-bond donors (Lipinski definition) is 1. The van der Waals surface area contributed by atoms with Crippen molar-refractivity contribution < 1.29 is 22.8 Å². The average molecular weight is 282 g/mol. The molecule has 0 aliphatic rings. The van der Waals surface area contributed by atoms with Crippen LogP contribution < -0.4 is 10.1 Å². The Labute approximate surface area is 113 Å². The van der Waals surface area contributed by atoms with Crippen molar-refractivity contribution in [1.29, 1.82) is 0 Å². The number of amides is 1. The van der Waals surface area contributed by atoms with Crippen molar-refractivity contribution in [3.63, 3.8) is 0 Å². The zero-order chi connectivity index (χ0) is 14.7. The normalized spacial score (nSPS) is 12.0. The van der Waals surface area contributed by atoms with Crippen molar-refractivity contribution in [2.24, 2.45) is 0 Å². The van der Waals surface area contributed by atoms with E-state index in [1.54, 1.807) is 6.92 Å². The number of carbonyl (C=O) groups is 1. The number of hydrogen-bond acceptors (Lipinski definition) is 4. The Morgan fingerprint density at radius 3 is 2.75 bits per heavy atom. The summed E-state index contributed by atoms with van der Waals surface area (Å²) >= 11 is 0. The first-order valence-corrected chi connectivity index (χ1v) is 5.81. The molecule has 2 rings (SSSR count). The van der Waals surface area contributed by atoms with Crippen molar-refractivity contribution in [2.45, 2.75) is 20.0 Å². The molecule has 20 heavy (non-hydrogen) atoms. The van der Waals surface area contributed by atoms with Crippen LogP contribution in [-0.2, 0) is 4.79 Å². The Morgan fingerprint density at radius 1 is 1.40 bits per heavy atom. The lowest BCUT2D eigenvalue weighted by molar-refractivity contribution is -0.122. The van der Waals surface area contributed by atoms with E-state index in [-0.39, 0.29) is 11.6 Å². The lowest BCUT2D eigenvalue weighted by Gasteiger charge is -2.14. The van der Waals surface area contributed by atoms with E-state index in [1.807, 2.05) is 0 Å². The Balaban J connectivity index is 2.00. The van der Waals surface area contributed by atoms with Crippen LogP contribution in [0.3, 0.4) is 0 Å². The number of carbonyl (C=O) groups excluding carboxylic acids is 1. The molecule has 0 fully saturated rings. The number of aromatic nitrogens is 1. The minimum Gasteiger partial charge on any atom is -0.478 e. The van der Waals surface area contributed by atoms with Crippen LogP contribution in [0.25, 0.3) is 0 Å². The monoisotopic (exact) mass is 282 g/mol. The van der Waals surface area contributed by atoms with Crippen LogP contribution in [0.1, 0.15) is 12.7 Å². The van der Waals surface area contributed by atoms with Crippen LogP contribution in [-0.4, -0.2) is 17.2 Å². The molecule has 0 saturated carbocycles. The van der Waals surface area contributed by atoms with Gasteiger partial charge in [0.05, 0.1) is 0 Å². The Morgan fingerprint density at radius 2 is 2.15 bits per heavy atom. The summed E-state index contributed by atoms with van der Waals surface area (Å²) in [6.07, 6.45) is -0.980. The minimum absolute atomic E-state index is 0.203. The van der Waals surface area contributed by atoms with Gasteiger partial charge >= 0.3 is 0 Å². The molecule has 2 aromatic rings. The van der Waals surface area contributed by atoms with Gasteiger partial charge in [0.1, 0.15) is 11.6 Å². The summed E-state index contributed by atoms with van der Waals surface area (Å²) in [5.41, 5.74) is 0. The number of aryl methyl sites for hydroxylation is 1. The summed E-state index contributed by atoms with van der Waals surface area (Å²) in [6.45, 7) is 3.11. The molecule has 0 bridgehead atoms. The summed E-state index contributed by atoms with van der Waals surface area (Å²) in [5, 5.41) is 6.04. The summed E-state index contributed by atoms with van der Waals surface area (Å²) in [5.74, 6) is -1.54. The van der Waals surface area contributed by atoms with E-state index in [4.69, 9.17) is 9.26 Å². The Bertz CT molecular complexity index is 628. The fourth-order valence-corrected chi connectivity index (χ4v) is 1.47. The smallest absolute Gasteiger partial charge is 0.266 e. The maximum Gasteiger partial charge on any atom is 0.266 e. The fourth-order valence-electron chi connectivity index (χ4n) is 1.47. The van der Waals surface area contributed by atoms with Gasteiger partial charge in [0.25, 0.3) is 5.91 Å². The third kappa shape index (κ3) is 3.31. The number of benzene rings is 1. The summed E-state index contributed by atoms with van der Waals surface area (Å²) in [7, 11) is 0. The maximum absolute atomic E-state index is 13.4. The lowest BCUT2D eigenvalue weighted by atomic mass is 10.3. The molecule has 0 aliphatic carbocycles. The highest BCUT2D eigenvalue weighted by Gasteiger charge is 2.18. The molecule has 1 atom stereocenters.